The summed E-state index contributed by atoms with van der Waals surface area (Å²) in [4.78, 5) is 15.9. The van der Waals surface area contributed by atoms with Crippen molar-refractivity contribution >= 4 is 5.97 Å². The fraction of sp³-hybridized carbons (Fsp3) is 0.440. The second-order valence-electron chi connectivity index (χ2n) is 7.60. The molecule has 2 aromatic rings. The minimum atomic E-state index is -0.240. The van der Waals surface area contributed by atoms with E-state index in [0.29, 0.717) is 17.9 Å². The van der Waals surface area contributed by atoms with Gasteiger partial charge in [-0.3, -0.25) is 4.79 Å². The molecule has 1 aromatic heterocycles. The highest BCUT2D eigenvalue weighted by atomic mass is 16.5. The van der Waals surface area contributed by atoms with E-state index in [1.807, 2.05) is 6.92 Å². The number of hydrogen-bond donors (Lipinski definition) is 0. The first-order valence-electron chi connectivity index (χ1n) is 10.5. The van der Waals surface area contributed by atoms with E-state index >= 15 is 0 Å². The van der Waals surface area contributed by atoms with E-state index < -0.39 is 0 Å². The molecule has 0 radical (unpaired) electrons. The summed E-state index contributed by atoms with van der Waals surface area (Å²) >= 11 is 0. The van der Waals surface area contributed by atoms with Crippen LogP contribution in [0.15, 0.2) is 30.5 Å². The van der Waals surface area contributed by atoms with Gasteiger partial charge >= 0.3 is 5.97 Å². The topological polar surface area (TPSA) is 48.4 Å². The highest BCUT2D eigenvalue weighted by molar-refractivity contribution is 5.72. The fourth-order valence-electron chi connectivity index (χ4n) is 3.86. The summed E-state index contributed by atoms with van der Waals surface area (Å²) in [7, 11) is 0. The minimum Gasteiger partial charge on any atom is -0.493 e. The third-order valence-corrected chi connectivity index (χ3v) is 5.84. The van der Waals surface area contributed by atoms with Crippen LogP contribution < -0.4 is 9.47 Å². The molecule has 0 N–H and O–H groups in total. The van der Waals surface area contributed by atoms with Crippen LogP contribution in [0.25, 0.3) is 0 Å². The second-order valence-corrected chi connectivity index (χ2v) is 7.60. The summed E-state index contributed by atoms with van der Waals surface area (Å²) in [6, 6.07) is 7.82. The molecule has 0 atom stereocenters. The molecule has 1 aliphatic rings. The lowest BCUT2D eigenvalue weighted by atomic mass is 9.71. The fourth-order valence-corrected chi connectivity index (χ4v) is 3.86. The zero-order valence-electron chi connectivity index (χ0n) is 17.8. The monoisotopic (exact) mass is 391 g/mol. The van der Waals surface area contributed by atoms with Crippen LogP contribution in [-0.2, 0) is 10.2 Å². The molecular formula is C25H29NO3. The zero-order chi connectivity index (χ0) is 20.9. The summed E-state index contributed by atoms with van der Waals surface area (Å²) in [5.41, 5.74) is 4.19. The Morgan fingerprint density at radius 2 is 2.00 bits per heavy atom. The molecule has 29 heavy (non-hydrogen) atoms. The number of aromatic nitrogens is 1. The van der Waals surface area contributed by atoms with Crippen molar-refractivity contribution in [3.05, 3.63) is 52.8 Å². The van der Waals surface area contributed by atoms with E-state index in [4.69, 9.17) is 9.47 Å². The maximum Gasteiger partial charge on any atom is 0.311 e. The molecule has 1 aromatic carbocycles. The number of carbonyl (C=O) groups is 1. The first-order valence-corrected chi connectivity index (χ1v) is 10.5. The van der Waals surface area contributed by atoms with Crippen LogP contribution in [0.5, 0.6) is 11.5 Å². The van der Waals surface area contributed by atoms with Crippen molar-refractivity contribution in [2.45, 2.75) is 65.2 Å². The molecule has 0 bridgehead atoms. The predicted octanol–water partition coefficient (Wildman–Crippen LogP) is 5.34. The van der Waals surface area contributed by atoms with Crippen molar-refractivity contribution in [3.8, 4) is 23.3 Å². The lowest BCUT2D eigenvalue weighted by Gasteiger charge is -2.38. The number of ether oxygens (including phenoxy) is 2. The highest BCUT2D eigenvalue weighted by Gasteiger charge is 2.35. The van der Waals surface area contributed by atoms with Crippen molar-refractivity contribution in [3.63, 3.8) is 0 Å². The van der Waals surface area contributed by atoms with Crippen LogP contribution in [0.2, 0.25) is 0 Å². The van der Waals surface area contributed by atoms with Crippen LogP contribution in [0.4, 0.5) is 0 Å². The van der Waals surface area contributed by atoms with Gasteiger partial charge in [0.1, 0.15) is 17.2 Å². The summed E-state index contributed by atoms with van der Waals surface area (Å²) in [5.74, 6) is 7.62. The lowest BCUT2D eigenvalue weighted by molar-refractivity contribution is -0.134. The van der Waals surface area contributed by atoms with Gasteiger partial charge in [0.2, 0.25) is 0 Å². The Morgan fingerprint density at radius 1 is 1.21 bits per heavy atom. The largest absolute Gasteiger partial charge is 0.493 e. The van der Waals surface area contributed by atoms with E-state index in [1.165, 1.54) is 5.56 Å². The predicted molar refractivity (Wildman–Crippen MR) is 114 cm³/mol. The van der Waals surface area contributed by atoms with Crippen molar-refractivity contribution in [1.82, 2.24) is 4.98 Å². The van der Waals surface area contributed by atoms with Gasteiger partial charge in [0.05, 0.1) is 12.8 Å². The Hall–Kier alpha value is -2.80. The summed E-state index contributed by atoms with van der Waals surface area (Å²) in [6.07, 6.45) is 5.94. The molecule has 2 heterocycles. The van der Waals surface area contributed by atoms with Crippen molar-refractivity contribution in [2.24, 2.45) is 0 Å². The maximum absolute atomic E-state index is 11.6. The molecule has 4 nitrogen and oxygen atoms in total. The zero-order valence-corrected chi connectivity index (χ0v) is 17.8. The molecule has 4 heteroatoms. The first kappa shape index (κ1) is 20.9. The average molecular weight is 392 g/mol. The van der Waals surface area contributed by atoms with Gasteiger partial charge in [0.25, 0.3) is 0 Å². The van der Waals surface area contributed by atoms with E-state index in [9.17, 15) is 4.79 Å². The first-order chi connectivity index (χ1) is 14.0. The number of aryl methyl sites for hydroxylation is 1. The highest BCUT2D eigenvalue weighted by Crippen LogP contribution is 2.44. The van der Waals surface area contributed by atoms with Crippen molar-refractivity contribution in [1.29, 1.82) is 0 Å². The normalized spacial score (nSPS) is 14.2. The second kappa shape index (κ2) is 9.13. The van der Waals surface area contributed by atoms with Gasteiger partial charge in [-0.2, -0.15) is 0 Å². The number of carbonyl (C=O) groups excluding carboxylic acids is 1. The van der Waals surface area contributed by atoms with Crippen LogP contribution in [0, 0.1) is 18.8 Å². The number of benzene rings is 1. The molecule has 0 unspecified atom stereocenters. The molecule has 0 amide bonds. The summed E-state index contributed by atoms with van der Waals surface area (Å²) in [5, 5.41) is 0. The van der Waals surface area contributed by atoms with Crippen molar-refractivity contribution < 1.29 is 14.3 Å². The van der Waals surface area contributed by atoms with Gasteiger partial charge in [-0.05, 0) is 68.4 Å². The SMILES string of the molecule is CCCC(=O)Oc1ccc(C#Cc2cc3c(cc2C)OCCC3(CC)CC)nc1. The van der Waals surface area contributed by atoms with Gasteiger partial charge in [-0.15, -0.1) is 0 Å². The number of fused-ring (bicyclic) bond motifs is 1. The molecule has 0 saturated carbocycles. The van der Waals surface area contributed by atoms with Gasteiger partial charge in [0, 0.05) is 23.0 Å². The molecule has 1 aliphatic heterocycles. The minimum absolute atomic E-state index is 0.167. The maximum atomic E-state index is 11.6. The quantitative estimate of drug-likeness (QED) is 0.510. The van der Waals surface area contributed by atoms with Crippen LogP contribution >= 0.6 is 0 Å². The van der Waals surface area contributed by atoms with E-state index in [1.54, 1.807) is 18.3 Å². The number of hydrogen-bond acceptors (Lipinski definition) is 4. The van der Waals surface area contributed by atoms with Crippen LogP contribution in [-0.4, -0.2) is 17.6 Å². The summed E-state index contributed by atoms with van der Waals surface area (Å²) < 4.78 is 11.2. The number of pyridine rings is 1. The Morgan fingerprint density at radius 3 is 2.66 bits per heavy atom. The number of nitrogens with zero attached hydrogens (tertiary/aromatic N) is 1. The van der Waals surface area contributed by atoms with E-state index in [-0.39, 0.29) is 11.4 Å². The Labute approximate surface area is 173 Å². The molecule has 0 aliphatic carbocycles. The smallest absolute Gasteiger partial charge is 0.311 e. The summed E-state index contributed by atoms with van der Waals surface area (Å²) in [6.45, 7) is 9.28. The lowest BCUT2D eigenvalue weighted by Crippen LogP contribution is -2.32. The number of rotatable bonds is 5. The third kappa shape index (κ3) is 4.62. The Kier molecular flexibility index (Phi) is 6.59. The Balaban J connectivity index is 1.85. The Bertz CT molecular complexity index is 931. The standard InChI is InChI=1S/C25H29NO3/c1-5-8-24(27)29-21-12-11-20(26-17-21)10-9-19-16-22-23(15-18(19)4)28-14-13-25(22,6-2)7-3/h11-12,15-17H,5-8,13-14H2,1-4H3. The van der Waals surface area contributed by atoms with Gasteiger partial charge in [-0.1, -0.05) is 26.7 Å². The molecule has 3 rings (SSSR count). The van der Waals surface area contributed by atoms with Gasteiger partial charge in [-0.25, -0.2) is 4.98 Å². The van der Waals surface area contributed by atoms with Gasteiger partial charge in [0.15, 0.2) is 0 Å². The van der Waals surface area contributed by atoms with Crippen molar-refractivity contribution in [2.75, 3.05) is 6.61 Å². The van der Waals surface area contributed by atoms with Crippen LogP contribution in [0.3, 0.4) is 0 Å². The molecular weight excluding hydrogens is 362 g/mol. The number of esters is 1. The van der Waals surface area contributed by atoms with Gasteiger partial charge < -0.3 is 9.47 Å². The molecule has 0 spiro atoms. The molecule has 0 fully saturated rings. The van der Waals surface area contributed by atoms with E-state index in [0.717, 1.165) is 49.2 Å². The van der Waals surface area contributed by atoms with E-state index in [2.05, 4.69) is 49.7 Å². The average Bonchev–Trinajstić information content (AvgIpc) is 2.73. The third-order valence-electron chi connectivity index (χ3n) is 5.84. The van der Waals surface area contributed by atoms with Crippen LogP contribution in [0.1, 0.15) is 75.3 Å². The molecule has 0 saturated heterocycles. The molecule has 152 valence electrons.